The largest absolute Gasteiger partial charge is 0.405 e. The lowest BCUT2D eigenvalue weighted by molar-refractivity contribution is -0.123. The maximum absolute atomic E-state index is 11.7. The van der Waals surface area contributed by atoms with Gasteiger partial charge in [-0.05, 0) is 0 Å². The van der Waals surface area contributed by atoms with Gasteiger partial charge in [-0.2, -0.15) is 13.2 Å². The molecule has 0 aliphatic carbocycles. The van der Waals surface area contributed by atoms with E-state index in [0.29, 0.717) is 0 Å². The molecule has 0 saturated heterocycles. The molecule has 0 aromatic carbocycles. The number of halogens is 3. The molecule has 0 radical (unpaired) electrons. The highest BCUT2D eigenvalue weighted by Crippen LogP contribution is 2.12. The Labute approximate surface area is 77.2 Å². The van der Waals surface area contributed by atoms with E-state index < -0.39 is 18.6 Å². The van der Waals surface area contributed by atoms with Crippen molar-refractivity contribution in [3.63, 3.8) is 0 Å². The van der Waals surface area contributed by atoms with Crippen LogP contribution in [0.25, 0.3) is 0 Å². The average molecular weight is 205 g/mol. The molecule has 0 aliphatic heterocycles. The molecule has 1 heterocycles. The normalized spacial score (nSPS) is 11.1. The van der Waals surface area contributed by atoms with E-state index in [4.69, 9.17) is 0 Å². The number of hydrogen-bond acceptors (Lipinski definition) is 3. The Morgan fingerprint density at radius 3 is 2.43 bits per heavy atom. The Hall–Kier alpha value is -1.66. The van der Waals surface area contributed by atoms with Gasteiger partial charge in [-0.15, -0.1) is 0 Å². The van der Waals surface area contributed by atoms with Crippen molar-refractivity contribution >= 4 is 5.91 Å². The van der Waals surface area contributed by atoms with E-state index in [2.05, 4.69) is 9.97 Å². The summed E-state index contributed by atoms with van der Waals surface area (Å²) >= 11 is 0. The highest BCUT2D eigenvalue weighted by molar-refractivity contribution is 5.93. The summed E-state index contributed by atoms with van der Waals surface area (Å²) in [5.41, 5.74) is -0.00301. The summed E-state index contributed by atoms with van der Waals surface area (Å²) in [7, 11) is 0. The Kier molecular flexibility index (Phi) is 3.00. The van der Waals surface area contributed by atoms with Gasteiger partial charge in [-0.3, -0.25) is 4.79 Å². The number of alkyl halides is 3. The fraction of sp³-hybridized carbons (Fsp3) is 0.286. The van der Waals surface area contributed by atoms with Crippen LogP contribution in [0.4, 0.5) is 13.2 Å². The van der Waals surface area contributed by atoms with E-state index in [1.165, 1.54) is 6.33 Å². The van der Waals surface area contributed by atoms with Crippen LogP contribution in [0.3, 0.4) is 0 Å². The van der Waals surface area contributed by atoms with E-state index >= 15 is 0 Å². The van der Waals surface area contributed by atoms with E-state index in [0.717, 1.165) is 12.4 Å². The number of amides is 1. The van der Waals surface area contributed by atoms with Gasteiger partial charge in [0.15, 0.2) is 0 Å². The third kappa shape index (κ3) is 3.38. The Morgan fingerprint density at radius 2 is 1.93 bits per heavy atom. The zero-order valence-electron chi connectivity index (χ0n) is 6.88. The fourth-order valence-electron chi connectivity index (χ4n) is 0.699. The van der Waals surface area contributed by atoms with Gasteiger partial charge >= 0.3 is 6.18 Å². The van der Waals surface area contributed by atoms with Crippen molar-refractivity contribution in [2.75, 3.05) is 6.54 Å². The topological polar surface area (TPSA) is 54.9 Å². The first-order valence-corrected chi connectivity index (χ1v) is 3.59. The van der Waals surface area contributed by atoms with E-state index in [9.17, 15) is 18.0 Å². The first-order valence-electron chi connectivity index (χ1n) is 3.59. The molecule has 1 amide bonds. The van der Waals surface area contributed by atoms with Gasteiger partial charge < -0.3 is 5.32 Å². The van der Waals surface area contributed by atoms with Crippen molar-refractivity contribution in [1.29, 1.82) is 0 Å². The molecule has 0 atom stereocenters. The fourth-order valence-corrected chi connectivity index (χ4v) is 0.699. The van der Waals surface area contributed by atoms with Crippen molar-refractivity contribution in [2.24, 2.45) is 0 Å². The summed E-state index contributed by atoms with van der Waals surface area (Å²) in [5.74, 6) is -0.845. The molecule has 7 heteroatoms. The van der Waals surface area contributed by atoms with E-state index in [-0.39, 0.29) is 5.56 Å². The summed E-state index contributed by atoms with van der Waals surface area (Å²) in [4.78, 5) is 18.0. The first-order chi connectivity index (χ1) is 6.49. The lowest BCUT2D eigenvalue weighted by Gasteiger charge is -2.07. The van der Waals surface area contributed by atoms with Crippen LogP contribution < -0.4 is 5.32 Å². The zero-order valence-corrected chi connectivity index (χ0v) is 6.88. The van der Waals surface area contributed by atoms with Crippen molar-refractivity contribution in [3.05, 3.63) is 24.3 Å². The summed E-state index contributed by atoms with van der Waals surface area (Å²) in [6, 6.07) is 0. The molecule has 0 saturated carbocycles. The summed E-state index contributed by atoms with van der Waals surface area (Å²) in [6.07, 6.45) is -0.955. The van der Waals surface area contributed by atoms with E-state index in [1.54, 1.807) is 5.32 Å². The van der Waals surface area contributed by atoms with Crippen molar-refractivity contribution in [2.45, 2.75) is 6.18 Å². The van der Waals surface area contributed by atoms with Crippen LogP contribution in [0.2, 0.25) is 0 Å². The lowest BCUT2D eigenvalue weighted by atomic mass is 10.3. The van der Waals surface area contributed by atoms with Crippen molar-refractivity contribution < 1.29 is 18.0 Å². The number of hydrogen-bond donors (Lipinski definition) is 1. The van der Waals surface area contributed by atoms with Gasteiger partial charge in [0.25, 0.3) is 5.91 Å². The Bertz CT molecular complexity index is 312. The van der Waals surface area contributed by atoms with Crippen LogP contribution in [-0.2, 0) is 0 Å². The molecular formula is C7H6F3N3O. The highest BCUT2D eigenvalue weighted by Gasteiger charge is 2.27. The first kappa shape index (κ1) is 10.4. The second-order valence-electron chi connectivity index (χ2n) is 2.43. The van der Waals surface area contributed by atoms with E-state index in [1.807, 2.05) is 0 Å². The summed E-state index contributed by atoms with van der Waals surface area (Å²) in [6.45, 7) is -1.36. The monoisotopic (exact) mass is 205 g/mol. The van der Waals surface area contributed by atoms with Gasteiger partial charge in [0, 0.05) is 12.4 Å². The number of carbonyl (C=O) groups excluding carboxylic acids is 1. The molecule has 0 unspecified atom stereocenters. The molecule has 14 heavy (non-hydrogen) atoms. The Morgan fingerprint density at radius 1 is 1.36 bits per heavy atom. The second-order valence-corrected chi connectivity index (χ2v) is 2.43. The predicted molar refractivity (Wildman–Crippen MR) is 40.4 cm³/mol. The van der Waals surface area contributed by atoms with Gasteiger partial charge in [-0.25, -0.2) is 9.97 Å². The summed E-state index contributed by atoms with van der Waals surface area (Å²) in [5, 5.41) is 1.69. The Balaban J connectivity index is 2.52. The van der Waals surface area contributed by atoms with Gasteiger partial charge in [0.2, 0.25) is 0 Å². The highest BCUT2D eigenvalue weighted by atomic mass is 19.4. The molecule has 1 aromatic rings. The predicted octanol–water partition coefficient (Wildman–Crippen LogP) is 0.769. The van der Waals surface area contributed by atoms with Crippen molar-refractivity contribution in [1.82, 2.24) is 15.3 Å². The lowest BCUT2D eigenvalue weighted by Crippen LogP contribution is -2.33. The SMILES string of the molecule is O=C(NCC(F)(F)F)c1cncnc1. The van der Waals surface area contributed by atoms with Crippen LogP contribution in [0, 0.1) is 0 Å². The molecule has 1 N–H and O–H groups in total. The van der Waals surface area contributed by atoms with Crippen LogP contribution in [0.5, 0.6) is 0 Å². The van der Waals surface area contributed by atoms with Gasteiger partial charge in [0.05, 0.1) is 5.56 Å². The number of rotatable bonds is 2. The maximum atomic E-state index is 11.7. The number of carbonyl (C=O) groups is 1. The molecule has 0 aliphatic rings. The molecular weight excluding hydrogens is 199 g/mol. The minimum Gasteiger partial charge on any atom is -0.343 e. The molecule has 1 aromatic heterocycles. The third-order valence-electron chi connectivity index (χ3n) is 1.27. The third-order valence-corrected chi connectivity index (χ3v) is 1.27. The summed E-state index contributed by atoms with van der Waals surface area (Å²) < 4.78 is 35.1. The van der Waals surface area contributed by atoms with Crippen LogP contribution in [0.15, 0.2) is 18.7 Å². The number of aromatic nitrogens is 2. The minimum atomic E-state index is -4.41. The molecule has 0 fully saturated rings. The quantitative estimate of drug-likeness (QED) is 0.775. The average Bonchev–Trinajstić information content (AvgIpc) is 2.14. The smallest absolute Gasteiger partial charge is 0.343 e. The van der Waals surface area contributed by atoms with Crippen LogP contribution >= 0.6 is 0 Å². The molecule has 1 rings (SSSR count). The molecule has 4 nitrogen and oxygen atoms in total. The maximum Gasteiger partial charge on any atom is 0.405 e. The molecule has 0 bridgehead atoms. The molecule has 0 spiro atoms. The van der Waals surface area contributed by atoms with Crippen LogP contribution in [0.1, 0.15) is 10.4 Å². The van der Waals surface area contributed by atoms with Crippen LogP contribution in [-0.4, -0.2) is 28.6 Å². The zero-order chi connectivity index (χ0) is 10.6. The minimum absolute atomic E-state index is 0.00301. The standard InChI is InChI=1S/C7H6F3N3O/c8-7(9,10)3-13-6(14)5-1-11-4-12-2-5/h1-2,4H,3H2,(H,13,14). The number of nitrogens with zero attached hydrogens (tertiary/aromatic N) is 2. The van der Waals surface area contributed by atoms with Gasteiger partial charge in [-0.1, -0.05) is 0 Å². The number of nitrogens with one attached hydrogen (secondary N) is 1. The van der Waals surface area contributed by atoms with Crippen molar-refractivity contribution in [3.8, 4) is 0 Å². The second kappa shape index (κ2) is 4.03. The van der Waals surface area contributed by atoms with Gasteiger partial charge in [0.1, 0.15) is 12.9 Å². The molecule has 76 valence electrons.